The summed E-state index contributed by atoms with van der Waals surface area (Å²) in [5.74, 6) is -0.142. The summed E-state index contributed by atoms with van der Waals surface area (Å²) in [6.07, 6.45) is 1.89. The predicted molar refractivity (Wildman–Crippen MR) is 59.7 cm³/mol. The quantitative estimate of drug-likeness (QED) is 0.630. The second-order valence-electron chi connectivity index (χ2n) is 3.53. The molecular weight excluding hydrogens is 208 g/mol. The summed E-state index contributed by atoms with van der Waals surface area (Å²) in [5, 5.41) is 6.94. The summed E-state index contributed by atoms with van der Waals surface area (Å²) in [6, 6.07) is 0. The number of carbonyl (C=O) groups is 1. The van der Waals surface area contributed by atoms with Crippen LogP contribution < -0.4 is 11.1 Å². The molecule has 0 bridgehead atoms. The average molecular weight is 226 g/mol. The van der Waals surface area contributed by atoms with Crippen LogP contribution in [0.15, 0.2) is 6.20 Å². The number of aryl methyl sites for hydroxylation is 2. The highest BCUT2D eigenvalue weighted by molar-refractivity contribution is 5.77. The van der Waals surface area contributed by atoms with Crippen molar-refractivity contribution >= 4 is 5.91 Å². The zero-order valence-electron chi connectivity index (χ0n) is 9.69. The van der Waals surface area contributed by atoms with Crippen molar-refractivity contribution in [2.45, 2.75) is 13.5 Å². The molecule has 0 unspecified atom stereocenters. The maximum Gasteiger partial charge on any atom is 0.246 e. The maximum absolute atomic E-state index is 11.3. The molecule has 0 saturated heterocycles. The number of hydrogen-bond donors (Lipinski definition) is 2. The molecule has 0 radical (unpaired) electrons. The van der Waals surface area contributed by atoms with Gasteiger partial charge in [0.15, 0.2) is 0 Å². The second kappa shape index (κ2) is 6.24. The van der Waals surface area contributed by atoms with Gasteiger partial charge in [0, 0.05) is 31.9 Å². The van der Waals surface area contributed by atoms with E-state index < -0.39 is 0 Å². The van der Waals surface area contributed by atoms with Crippen LogP contribution in [0.4, 0.5) is 0 Å². The van der Waals surface area contributed by atoms with Crippen molar-refractivity contribution in [3.8, 4) is 0 Å². The van der Waals surface area contributed by atoms with Crippen molar-refractivity contribution in [2.75, 3.05) is 19.8 Å². The Morgan fingerprint density at radius 3 is 3.00 bits per heavy atom. The Kier molecular flexibility index (Phi) is 4.94. The van der Waals surface area contributed by atoms with Crippen LogP contribution in [-0.2, 0) is 23.1 Å². The molecule has 1 heterocycles. The van der Waals surface area contributed by atoms with E-state index in [4.69, 9.17) is 10.5 Å². The lowest BCUT2D eigenvalue weighted by Gasteiger charge is -2.04. The van der Waals surface area contributed by atoms with Gasteiger partial charge in [0.25, 0.3) is 0 Å². The average Bonchev–Trinajstić information content (AvgIpc) is 2.55. The number of rotatable bonds is 6. The molecule has 90 valence electrons. The van der Waals surface area contributed by atoms with Gasteiger partial charge in [0.2, 0.25) is 5.91 Å². The van der Waals surface area contributed by atoms with Crippen LogP contribution in [-0.4, -0.2) is 35.4 Å². The monoisotopic (exact) mass is 226 g/mol. The second-order valence-corrected chi connectivity index (χ2v) is 3.53. The fraction of sp³-hybridized carbons (Fsp3) is 0.600. The Hall–Kier alpha value is -1.40. The standard InChI is InChI=1S/C10H18N4O2/c1-8-9(6-14(2)13-8)5-12-10(15)7-16-4-3-11/h6H,3-5,7,11H2,1-2H3,(H,12,15). The third kappa shape index (κ3) is 4.00. The first-order valence-electron chi connectivity index (χ1n) is 5.17. The summed E-state index contributed by atoms with van der Waals surface area (Å²) in [4.78, 5) is 11.3. The van der Waals surface area contributed by atoms with Gasteiger partial charge in [0.1, 0.15) is 6.61 Å². The lowest BCUT2D eigenvalue weighted by atomic mass is 10.2. The molecule has 0 aliphatic carbocycles. The first-order valence-corrected chi connectivity index (χ1v) is 5.17. The Morgan fingerprint density at radius 2 is 2.44 bits per heavy atom. The maximum atomic E-state index is 11.3. The molecule has 6 heteroatoms. The van der Waals surface area contributed by atoms with Crippen molar-refractivity contribution in [1.82, 2.24) is 15.1 Å². The highest BCUT2D eigenvalue weighted by Gasteiger charge is 2.05. The Balaban J connectivity index is 2.29. The number of nitrogens with zero attached hydrogens (tertiary/aromatic N) is 2. The Bertz CT molecular complexity index is 349. The zero-order chi connectivity index (χ0) is 12.0. The number of nitrogens with two attached hydrogens (primary N) is 1. The molecule has 0 spiro atoms. The molecular formula is C10H18N4O2. The third-order valence-electron chi connectivity index (χ3n) is 2.09. The number of carbonyl (C=O) groups excluding carboxylic acids is 1. The van der Waals surface area contributed by atoms with Crippen LogP contribution in [0.25, 0.3) is 0 Å². The molecule has 0 aliphatic rings. The summed E-state index contributed by atoms with van der Waals surface area (Å²) in [7, 11) is 1.85. The molecule has 6 nitrogen and oxygen atoms in total. The molecule has 3 N–H and O–H groups in total. The van der Waals surface area contributed by atoms with Crippen LogP contribution in [0.3, 0.4) is 0 Å². The molecule has 0 aliphatic heterocycles. The highest BCUT2D eigenvalue weighted by Crippen LogP contribution is 2.03. The number of ether oxygens (including phenoxy) is 1. The van der Waals surface area contributed by atoms with Crippen molar-refractivity contribution in [1.29, 1.82) is 0 Å². The zero-order valence-corrected chi connectivity index (χ0v) is 9.69. The topological polar surface area (TPSA) is 82.2 Å². The number of amides is 1. The minimum absolute atomic E-state index is 0.0521. The van der Waals surface area contributed by atoms with E-state index in [1.54, 1.807) is 4.68 Å². The van der Waals surface area contributed by atoms with E-state index in [9.17, 15) is 4.79 Å². The molecule has 1 aromatic heterocycles. The van der Waals surface area contributed by atoms with Gasteiger partial charge >= 0.3 is 0 Å². The highest BCUT2D eigenvalue weighted by atomic mass is 16.5. The summed E-state index contributed by atoms with van der Waals surface area (Å²) < 4.78 is 6.73. The molecule has 1 amide bonds. The SMILES string of the molecule is Cc1nn(C)cc1CNC(=O)COCCN. The van der Waals surface area contributed by atoms with Gasteiger partial charge in [-0.05, 0) is 6.92 Å². The molecule has 0 fully saturated rings. The van der Waals surface area contributed by atoms with Crippen molar-refractivity contribution in [3.63, 3.8) is 0 Å². The smallest absolute Gasteiger partial charge is 0.246 e. The molecule has 0 saturated carbocycles. The molecule has 1 rings (SSSR count). The summed E-state index contributed by atoms with van der Waals surface area (Å²) in [6.45, 7) is 3.27. The van der Waals surface area contributed by atoms with E-state index in [0.29, 0.717) is 19.7 Å². The van der Waals surface area contributed by atoms with Crippen LogP contribution in [0.2, 0.25) is 0 Å². The van der Waals surface area contributed by atoms with Gasteiger partial charge < -0.3 is 15.8 Å². The molecule has 0 aromatic carbocycles. The van der Waals surface area contributed by atoms with E-state index >= 15 is 0 Å². The summed E-state index contributed by atoms with van der Waals surface area (Å²) in [5.41, 5.74) is 7.17. The van der Waals surface area contributed by atoms with E-state index in [1.807, 2.05) is 20.2 Å². The van der Waals surface area contributed by atoms with Gasteiger partial charge in [-0.25, -0.2) is 0 Å². The van der Waals surface area contributed by atoms with Crippen LogP contribution in [0, 0.1) is 6.92 Å². The van der Waals surface area contributed by atoms with Crippen molar-refractivity contribution < 1.29 is 9.53 Å². The molecule has 0 atom stereocenters. The van der Waals surface area contributed by atoms with Crippen LogP contribution >= 0.6 is 0 Å². The van der Waals surface area contributed by atoms with Gasteiger partial charge in [-0.2, -0.15) is 5.10 Å². The lowest BCUT2D eigenvalue weighted by molar-refractivity contribution is -0.125. The van der Waals surface area contributed by atoms with Gasteiger partial charge in [-0.15, -0.1) is 0 Å². The normalized spacial score (nSPS) is 10.4. The third-order valence-corrected chi connectivity index (χ3v) is 2.09. The number of hydrogen-bond acceptors (Lipinski definition) is 4. The largest absolute Gasteiger partial charge is 0.370 e. The minimum Gasteiger partial charge on any atom is -0.370 e. The lowest BCUT2D eigenvalue weighted by Crippen LogP contribution is -2.28. The van der Waals surface area contributed by atoms with Gasteiger partial charge in [-0.1, -0.05) is 0 Å². The van der Waals surface area contributed by atoms with E-state index in [0.717, 1.165) is 11.3 Å². The van der Waals surface area contributed by atoms with Crippen molar-refractivity contribution in [3.05, 3.63) is 17.5 Å². The molecule has 1 aromatic rings. The number of nitrogens with one attached hydrogen (secondary N) is 1. The van der Waals surface area contributed by atoms with Crippen LogP contribution in [0.1, 0.15) is 11.3 Å². The first kappa shape index (κ1) is 12.7. The fourth-order valence-corrected chi connectivity index (χ4v) is 1.32. The van der Waals surface area contributed by atoms with Crippen molar-refractivity contribution in [2.24, 2.45) is 12.8 Å². The molecule has 16 heavy (non-hydrogen) atoms. The predicted octanol–water partition coefficient (Wildman–Crippen LogP) is -0.680. The van der Waals surface area contributed by atoms with Crippen LogP contribution in [0.5, 0.6) is 0 Å². The van der Waals surface area contributed by atoms with E-state index in [-0.39, 0.29) is 12.5 Å². The Labute approximate surface area is 94.8 Å². The Morgan fingerprint density at radius 1 is 1.69 bits per heavy atom. The number of aromatic nitrogens is 2. The van der Waals surface area contributed by atoms with E-state index in [1.165, 1.54) is 0 Å². The fourth-order valence-electron chi connectivity index (χ4n) is 1.32. The first-order chi connectivity index (χ1) is 7.63. The minimum atomic E-state index is -0.142. The van der Waals surface area contributed by atoms with Gasteiger partial charge in [-0.3, -0.25) is 9.48 Å². The van der Waals surface area contributed by atoms with E-state index in [2.05, 4.69) is 10.4 Å². The summed E-state index contributed by atoms with van der Waals surface area (Å²) >= 11 is 0. The van der Waals surface area contributed by atoms with Gasteiger partial charge in [0.05, 0.1) is 12.3 Å².